The number of halogens is 2. The highest BCUT2D eigenvalue weighted by molar-refractivity contribution is 9.10. The molecule has 0 unspecified atom stereocenters. The maximum atomic E-state index is 13.3. The summed E-state index contributed by atoms with van der Waals surface area (Å²) in [5, 5.41) is 4.54. The van der Waals surface area contributed by atoms with Crippen LogP contribution in [0.2, 0.25) is 0 Å². The molecule has 5 nitrogen and oxygen atoms in total. The Kier molecular flexibility index (Phi) is 6.02. The molecule has 3 rings (SSSR count). The maximum absolute atomic E-state index is 13.3. The molecule has 8 heteroatoms. The van der Waals surface area contributed by atoms with Gasteiger partial charge in [-0.05, 0) is 78.5 Å². The molecule has 2 aromatic carbocycles. The summed E-state index contributed by atoms with van der Waals surface area (Å²) in [5.41, 5.74) is 3.99. The van der Waals surface area contributed by atoms with Crippen molar-refractivity contribution >= 4 is 26.0 Å². The van der Waals surface area contributed by atoms with Gasteiger partial charge in [0, 0.05) is 12.1 Å². The van der Waals surface area contributed by atoms with Crippen molar-refractivity contribution in [2.24, 2.45) is 0 Å². The normalized spacial score (nSPS) is 11.8. The van der Waals surface area contributed by atoms with Gasteiger partial charge in [0.1, 0.15) is 5.82 Å². The lowest BCUT2D eigenvalue weighted by molar-refractivity contribution is 0.481. The summed E-state index contributed by atoms with van der Waals surface area (Å²) in [6.07, 6.45) is 1.09. The number of hydrogen-bond donors (Lipinski definition) is 1. The number of aryl methyl sites for hydroxylation is 4. The van der Waals surface area contributed by atoms with Crippen LogP contribution in [-0.4, -0.2) is 22.8 Å². The molecule has 0 saturated carbocycles. The molecule has 0 fully saturated rings. The van der Waals surface area contributed by atoms with E-state index < -0.39 is 10.1 Å². The third-order valence-corrected chi connectivity index (χ3v) is 6.39. The van der Waals surface area contributed by atoms with E-state index in [1.54, 1.807) is 24.3 Å². The fraction of sp³-hybridized carbons (Fsp3) is 0.250. The van der Waals surface area contributed by atoms with Crippen LogP contribution >= 0.6 is 15.9 Å². The first kappa shape index (κ1) is 20.7. The summed E-state index contributed by atoms with van der Waals surface area (Å²) in [6.45, 7) is 4.29. The third-order valence-electron chi connectivity index (χ3n) is 4.48. The van der Waals surface area contributed by atoms with Crippen LogP contribution in [0.4, 0.5) is 4.39 Å². The number of rotatable bonds is 6. The van der Waals surface area contributed by atoms with Gasteiger partial charge in [0.25, 0.3) is 10.1 Å². The Hall–Kier alpha value is -2.03. The summed E-state index contributed by atoms with van der Waals surface area (Å²) in [5.74, 6) is -0.306. The van der Waals surface area contributed by atoms with E-state index in [9.17, 15) is 17.4 Å². The van der Waals surface area contributed by atoms with Crippen molar-refractivity contribution in [3.63, 3.8) is 0 Å². The van der Waals surface area contributed by atoms with E-state index in [1.165, 1.54) is 18.2 Å². The average molecular weight is 467 g/mol. The SMILES string of the molecule is Cc1ccc(S(=O)(=O)O)c(CCCn2nc(C)c(Br)c2-c2ccc(F)cc2)c1. The topological polar surface area (TPSA) is 72.2 Å². The van der Waals surface area contributed by atoms with Crippen molar-refractivity contribution < 1.29 is 17.4 Å². The van der Waals surface area contributed by atoms with Crippen LogP contribution in [0.5, 0.6) is 0 Å². The Morgan fingerprint density at radius 1 is 1.14 bits per heavy atom. The van der Waals surface area contributed by atoms with E-state index in [0.29, 0.717) is 24.9 Å². The van der Waals surface area contributed by atoms with E-state index in [2.05, 4.69) is 21.0 Å². The largest absolute Gasteiger partial charge is 0.294 e. The van der Waals surface area contributed by atoms with E-state index in [-0.39, 0.29) is 10.7 Å². The second-order valence-corrected chi connectivity index (χ2v) is 8.85. The zero-order chi connectivity index (χ0) is 20.5. The lowest BCUT2D eigenvalue weighted by Crippen LogP contribution is -2.07. The van der Waals surface area contributed by atoms with E-state index in [0.717, 1.165) is 27.0 Å². The van der Waals surface area contributed by atoms with Gasteiger partial charge in [-0.1, -0.05) is 17.7 Å². The van der Waals surface area contributed by atoms with Gasteiger partial charge in [-0.15, -0.1) is 0 Å². The molecule has 0 aliphatic carbocycles. The quantitative estimate of drug-likeness (QED) is 0.521. The predicted octanol–water partition coefficient (Wildman–Crippen LogP) is 4.95. The van der Waals surface area contributed by atoms with Gasteiger partial charge in [-0.25, -0.2) is 4.39 Å². The van der Waals surface area contributed by atoms with Crippen LogP contribution in [0.1, 0.15) is 23.2 Å². The molecule has 0 saturated heterocycles. The van der Waals surface area contributed by atoms with Crippen molar-refractivity contribution in [3.8, 4) is 11.3 Å². The number of aromatic nitrogens is 2. The van der Waals surface area contributed by atoms with Crippen molar-refractivity contribution in [1.82, 2.24) is 9.78 Å². The molecule has 3 aromatic rings. The Bertz CT molecular complexity index is 1110. The monoisotopic (exact) mass is 466 g/mol. The summed E-state index contributed by atoms with van der Waals surface area (Å²) in [7, 11) is -4.27. The van der Waals surface area contributed by atoms with E-state index in [4.69, 9.17) is 0 Å². The lowest BCUT2D eigenvalue weighted by atomic mass is 10.1. The van der Waals surface area contributed by atoms with Crippen molar-refractivity contribution in [2.75, 3.05) is 0 Å². The molecule has 0 bridgehead atoms. The van der Waals surface area contributed by atoms with Crippen LogP contribution in [0.25, 0.3) is 11.3 Å². The number of benzene rings is 2. The molecule has 1 aromatic heterocycles. The fourth-order valence-corrected chi connectivity index (χ4v) is 4.42. The van der Waals surface area contributed by atoms with Crippen molar-refractivity contribution in [2.45, 2.75) is 38.1 Å². The summed E-state index contributed by atoms with van der Waals surface area (Å²) >= 11 is 3.55. The lowest BCUT2D eigenvalue weighted by Gasteiger charge is -2.11. The van der Waals surface area contributed by atoms with Crippen LogP contribution in [-0.2, 0) is 23.1 Å². The Labute approximate surface area is 172 Å². The smallest absolute Gasteiger partial charge is 0.282 e. The molecular formula is C20H20BrFN2O3S. The summed E-state index contributed by atoms with van der Waals surface area (Å²) < 4.78 is 48.6. The highest BCUT2D eigenvalue weighted by Crippen LogP contribution is 2.31. The molecule has 0 atom stereocenters. The molecule has 148 valence electrons. The average Bonchev–Trinajstić information content (AvgIpc) is 2.89. The van der Waals surface area contributed by atoms with E-state index >= 15 is 0 Å². The van der Waals surface area contributed by atoms with Gasteiger partial charge < -0.3 is 0 Å². The fourth-order valence-electron chi connectivity index (χ4n) is 3.18. The first-order chi connectivity index (χ1) is 13.2. The standard InChI is InChI=1S/C20H20BrFN2O3S/c1-13-5-10-18(28(25,26)27)16(12-13)4-3-11-24-20(19(21)14(2)23-24)15-6-8-17(22)9-7-15/h5-10,12H,3-4,11H2,1-2H3,(H,25,26,27). The van der Waals surface area contributed by atoms with Gasteiger partial charge in [0.15, 0.2) is 0 Å². The van der Waals surface area contributed by atoms with Crippen LogP contribution in [0.15, 0.2) is 51.8 Å². The van der Waals surface area contributed by atoms with Gasteiger partial charge in [0.2, 0.25) is 0 Å². The molecule has 0 radical (unpaired) electrons. The van der Waals surface area contributed by atoms with Crippen molar-refractivity contribution in [1.29, 1.82) is 0 Å². The van der Waals surface area contributed by atoms with Gasteiger partial charge >= 0.3 is 0 Å². The molecule has 0 aliphatic rings. The van der Waals surface area contributed by atoms with Gasteiger partial charge in [-0.3, -0.25) is 9.23 Å². The highest BCUT2D eigenvalue weighted by atomic mass is 79.9. The minimum absolute atomic E-state index is 0.0605. The Morgan fingerprint density at radius 3 is 2.46 bits per heavy atom. The molecule has 1 N–H and O–H groups in total. The van der Waals surface area contributed by atoms with Crippen molar-refractivity contribution in [3.05, 3.63) is 69.6 Å². The molecule has 1 heterocycles. The first-order valence-electron chi connectivity index (χ1n) is 8.72. The van der Waals surface area contributed by atoms with Crippen LogP contribution < -0.4 is 0 Å². The molecule has 0 aliphatic heterocycles. The predicted molar refractivity (Wildman–Crippen MR) is 109 cm³/mol. The second-order valence-electron chi connectivity index (χ2n) is 6.67. The van der Waals surface area contributed by atoms with Crippen LogP contribution in [0.3, 0.4) is 0 Å². The first-order valence-corrected chi connectivity index (χ1v) is 11.0. The van der Waals surface area contributed by atoms with E-state index in [1.807, 2.05) is 18.5 Å². The van der Waals surface area contributed by atoms with Crippen LogP contribution in [0, 0.1) is 19.7 Å². The number of hydrogen-bond acceptors (Lipinski definition) is 3. The zero-order valence-electron chi connectivity index (χ0n) is 15.5. The minimum Gasteiger partial charge on any atom is -0.282 e. The molecule has 28 heavy (non-hydrogen) atoms. The molecule has 0 spiro atoms. The third kappa shape index (κ3) is 4.51. The molecule has 0 amide bonds. The maximum Gasteiger partial charge on any atom is 0.294 e. The molecular weight excluding hydrogens is 447 g/mol. The number of nitrogens with zero attached hydrogens (tertiary/aromatic N) is 2. The zero-order valence-corrected chi connectivity index (χ0v) is 17.9. The summed E-state index contributed by atoms with van der Waals surface area (Å²) in [4.78, 5) is -0.0605. The Balaban J connectivity index is 1.84. The summed E-state index contributed by atoms with van der Waals surface area (Å²) in [6, 6.07) is 11.1. The van der Waals surface area contributed by atoms with Gasteiger partial charge in [0.05, 0.1) is 20.8 Å². The minimum atomic E-state index is -4.27. The van der Waals surface area contributed by atoms with Gasteiger partial charge in [-0.2, -0.15) is 13.5 Å². The second kappa shape index (κ2) is 8.14. The Morgan fingerprint density at radius 2 is 1.82 bits per heavy atom. The highest BCUT2D eigenvalue weighted by Gasteiger charge is 2.17.